The molecule has 5 heteroatoms. The number of likely N-dealkylation sites (tertiary alicyclic amines) is 1. The number of hydrogen-bond donors (Lipinski definition) is 1. The average Bonchev–Trinajstić information content (AvgIpc) is 2.95. The number of nitrogens with zero attached hydrogens (tertiary/aromatic N) is 1. The quantitative estimate of drug-likeness (QED) is 0.913. The highest BCUT2D eigenvalue weighted by Crippen LogP contribution is 2.37. The zero-order valence-electron chi connectivity index (χ0n) is 12.3. The van der Waals surface area contributed by atoms with Gasteiger partial charge in [0.1, 0.15) is 5.75 Å². The van der Waals surface area contributed by atoms with Crippen LogP contribution in [0.2, 0.25) is 5.02 Å². The van der Waals surface area contributed by atoms with E-state index in [9.17, 15) is 4.79 Å². The second kappa shape index (κ2) is 5.85. The summed E-state index contributed by atoms with van der Waals surface area (Å²) in [5.74, 6) is 0.597. The molecule has 3 rings (SSSR count). The summed E-state index contributed by atoms with van der Waals surface area (Å²) >= 11 is 5.96. The molecule has 0 aliphatic carbocycles. The van der Waals surface area contributed by atoms with Crippen LogP contribution in [-0.4, -0.2) is 44.1 Å². The van der Waals surface area contributed by atoms with Crippen molar-refractivity contribution in [2.45, 2.75) is 19.3 Å². The molecular weight excluding hydrogens is 288 g/mol. The van der Waals surface area contributed by atoms with Crippen molar-refractivity contribution in [3.8, 4) is 5.75 Å². The molecule has 2 heterocycles. The van der Waals surface area contributed by atoms with Crippen molar-refractivity contribution in [3.63, 3.8) is 0 Å². The zero-order valence-corrected chi connectivity index (χ0v) is 13.1. The third kappa shape index (κ3) is 2.87. The minimum absolute atomic E-state index is 0.0457. The fraction of sp³-hybridized carbons (Fsp3) is 0.562. The number of carbonyl (C=O) groups excluding carboxylic acids is 1. The Kier molecular flexibility index (Phi) is 4.09. The molecule has 0 aromatic heterocycles. The normalized spacial score (nSPS) is 20.8. The number of methoxy groups -OCH3 is 1. The molecule has 2 aliphatic rings. The maximum Gasteiger partial charge on any atom is 0.257 e. The van der Waals surface area contributed by atoms with Crippen molar-refractivity contribution < 1.29 is 9.53 Å². The van der Waals surface area contributed by atoms with E-state index in [0.29, 0.717) is 21.8 Å². The summed E-state index contributed by atoms with van der Waals surface area (Å²) in [6, 6.07) is 5.19. The number of carbonyl (C=O) groups is 1. The lowest BCUT2D eigenvalue weighted by molar-refractivity contribution is 0.0604. The van der Waals surface area contributed by atoms with Crippen LogP contribution >= 0.6 is 11.6 Å². The van der Waals surface area contributed by atoms with E-state index < -0.39 is 0 Å². The molecule has 1 aromatic rings. The van der Waals surface area contributed by atoms with Gasteiger partial charge in [-0.15, -0.1) is 0 Å². The van der Waals surface area contributed by atoms with E-state index in [-0.39, 0.29) is 5.91 Å². The summed E-state index contributed by atoms with van der Waals surface area (Å²) in [5, 5.41) is 4.03. The van der Waals surface area contributed by atoms with Gasteiger partial charge in [-0.3, -0.25) is 4.79 Å². The van der Waals surface area contributed by atoms with Crippen LogP contribution < -0.4 is 10.1 Å². The van der Waals surface area contributed by atoms with E-state index in [1.54, 1.807) is 25.3 Å². The summed E-state index contributed by atoms with van der Waals surface area (Å²) in [4.78, 5) is 14.6. The molecule has 4 nitrogen and oxygen atoms in total. The Morgan fingerprint density at radius 3 is 2.71 bits per heavy atom. The number of rotatable bonds is 2. The third-order valence-corrected chi connectivity index (χ3v) is 5.07. The second-order valence-electron chi connectivity index (χ2n) is 6.06. The van der Waals surface area contributed by atoms with E-state index in [2.05, 4.69) is 5.32 Å². The summed E-state index contributed by atoms with van der Waals surface area (Å²) in [6.45, 7) is 3.86. The Bertz CT molecular complexity index is 531. The van der Waals surface area contributed by atoms with Gasteiger partial charge in [0.15, 0.2) is 0 Å². The molecule has 0 saturated carbocycles. The first kappa shape index (κ1) is 14.7. The van der Waals surface area contributed by atoms with Gasteiger partial charge in [-0.1, -0.05) is 11.6 Å². The van der Waals surface area contributed by atoms with Crippen LogP contribution in [0.25, 0.3) is 0 Å². The molecule has 1 amide bonds. The smallest absolute Gasteiger partial charge is 0.257 e. The Labute approximate surface area is 130 Å². The first-order chi connectivity index (χ1) is 10.1. The van der Waals surface area contributed by atoms with E-state index >= 15 is 0 Å². The third-order valence-electron chi connectivity index (χ3n) is 4.84. The average molecular weight is 309 g/mol. The number of benzene rings is 1. The van der Waals surface area contributed by atoms with Crippen LogP contribution in [0.5, 0.6) is 5.75 Å². The molecular formula is C16H21ClN2O2. The van der Waals surface area contributed by atoms with Crippen LogP contribution in [0.1, 0.15) is 29.6 Å². The highest BCUT2D eigenvalue weighted by Gasteiger charge is 2.38. The van der Waals surface area contributed by atoms with Crippen LogP contribution in [-0.2, 0) is 0 Å². The lowest BCUT2D eigenvalue weighted by Gasteiger charge is -2.39. The highest BCUT2D eigenvalue weighted by molar-refractivity contribution is 6.30. The molecule has 0 bridgehead atoms. The lowest BCUT2D eigenvalue weighted by Crippen LogP contribution is -2.44. The number of nitrogens with one attached hydrogen (secondary N) is 1. The Hall–Kier alpha value is -1.26. The van der Waals surface area contributed by atoms with E-state index in [0.717, 1.165) is 39.0 Å². The predicted octanol–water partition coefficient (Wildman–Crippen LogP) is 2.56. The molecule has 0 radical (unpaired) electrons. The van der Waals surface area contributed by atoms with Gasteiger partial charge in [-0.05, 0) is 49.4 Å². The van der Waals surface area contributed by atoms with Crippen LogP contribution in [0.3, 0.4) is 0 Å². The van der Waals surface area contributed by atoms with Crippen molar-refractivity contribution in [2.24, 2.45) is 5.41 Å². The minimum atomic E-state index is 0.0457. The van der Waals surface area contributed by atoms with Crippen molar-refractivity contribution in [1.29, 1.82) is 0 Å². The van der Waals surface area contributed by atoms with Crippen molar-refractivity contribution in [3.05, 3.63) is 28.8 Å². The number of halogens is 1. The number of hydrogen-bond acceptors (Lipinski definition) is 3. The number of amides is 1. The monoisotopic (exact) mass is 308 g/mol. The van der Waals surface area contributed by atoms with E-state index in [1.165, 1.54) is 6.42 Å². The SMILES string of the molecule is COc1cc(Cl)ccc1C(=O)N1CCC2(CCNC2)CC1. The summed E-state index contributed by atoms with van der Waals surface area (Å²) in [6.07, 6.45) is 3.41. The van der Waals surface area contributed by atoms with Crippen LogP contribution in [0.15, 0.2) is 18.2 Å². The van der Waals surface area contributed by atoms with Gasteiger partial charge < -0.3 is 15.0 Å². The maximum atomic E-state index is 12.7. The van der Waals surface area contributed by atoms with Crippen molar-refractivity contribution in [1.82, 2.24) is 10.2 Å². The fourth-order valence-electron chi connectivity index (χ4n) is 3.42. The largest absolute Gasteiger partial charge is 0.496 e. The van der Waals surface area contributed by atoms with Gasteiger partial charge in [0, 0.05) is 24.7 Å². The molecule has 114 valence electrons. The van der Waals surface area contributed by atoms with Gasteiger partial charge in [0.05, 0.1) is 12.7 Å². The molecule has 1 spiro atoms. The zero-order chi connectivity index (χ0) is 14.9. The van der Waals surface area contributed by atoms with Crippen molar-refractivity contribution >= 4 is 17.5 Å². The molecule has 0 unspecified atom stereocenters. The Morgan fingerprint density at radius 1 is 1.33 bits per heavy atom. The minimum Gasteiger partial charge on any atom is -0.496 e. The topological polar surface area (TPSA) is 41.6 Å². The van der Waals surface area contributed by atoms with Gasteiger partial charge in [0.2, 0.25) is 0 Å². The predicted molar refractivity (Wildman–Crippen MR) is 83.1 cm³/mol. The standard InChI is InChI=1S/C16H21ClN2O2/c1-21-14-10-12(17)2-3-13(14)15(20)19-8-5-16(6-9-19)4-7-18-11-16/h2-3,10,18H,4-9,11H2,1H3. The summed E-state index contributed by atoms with van der Waals surface area (Å²) in [7, 11) is 1.57. The van der Waals surface area contributed by atoms with E-state index in [1.807, 2.05) is 4.90 Å². The summed E-state index contributed by atoms with van der Waals surface area (Å²) < 4.78 is 5.29. The Balaban J connectivity index is 1.72. The second-order valence-corrected chi connectivity index (χ2v) is 6.50. The van der Waals surface area contributed by atoms with Crippen LogP contribution in [0.4, 0.5) is 0 Å². The maximum absolute atomic E-state index is 12.7. The highest BCUT2D eigenvalue weighted by atomic mass is 35.5. The fourth-order valence-corrected chi connectivity index (χ4v) is 3.58. The molecule has 2 fully saturated rings. The molecule has 1 N–H and O–H groups in total. The molecule has 0 atom stereocenters. The van der Waals surface area contributed by atoms with Gasteiger partial charge >= 0.3 is 0 Å². The molecule has 2 saturated heterocycles. The first-order valence-corrected chi connectivity index (χ1v) is 7.85. The molecule has 21 heavy (non-hydrogen) atoms. The number of ether oxygens (including phenoxy) is 1. The van der Waals surface area contributed by atoms with Crippen LogP contribution in [0, 0.1) is 5.41 Å². The molecule has 2 aliphatic heterocycles. The Morgan fingerprint density at radius 2 is 2.10 bits per heavy atom. The van der Waals surface area contributed by atoms with Crippen molar-refractivity contribution in [2.75, 3.05) is 33.3 Å². The first-order valence-electron chi connectivity index (χ1n) is 7.47. The van der Waals surface area contributed by atoms with E-state index in [4.69, 9.17) is 16.3 Å². The van der Waals surface area contributed by atoms with Gasteiger partial charge in [-0.2, -0.15) is 0 Å². The van der Waals surface area contributed by atoms with Gasteiger partial charge in [0.25, 0.3) is 5.91 Å². The lowest BCUT2D eigenvalue weighted by atomic mass is 9.78. The summed E-state index contributed by atoms with van der Waals surface area (Å²) in [5.41, 5.74) is 1.02. The number of piperidine rings is 1. The van der Waals surface area contributed by atoms with Gasteiger partial charge in [-0.25, -0.2) is 0 Å². The molecule has 1 aromatic carbocycles.